The predicted octanol–water partition coefficient (Wildman–Crippen LogP) is 1.24. The fraction of sp³-hybridized carbons (Fsp3) is 0.571. The average molecular weight is 278 g/mol. The maximum atomic E-state index is 5.62. The van der Waals surface area contributed by atoms with Crippen LogP contribution >= 0.6 is 12.2 Å². The molecule has 0 aliphatic carbocycles. The van der Waals surface area contributed by atoms with Crippen LogP contribution in [-0.2, 0) is 6.54 Å². The van der Waals surface area contributed by atoms with E-state index in [0.29, 0.717) is 4.99 Å². The lowest BCUT2D eigenvalue weighted by Crippen LogP contribution is -2.41. The Hall–Kier alpha value is -1.04. The van der Waals surface area contributed by atoms with Crippen LogP contribution in [0.2, 0.25) is 0 Å². The molecule has 2 heterocycles. The summed E-state index contributed by atoms with van der Waals surface area (Å²) in [4.78, 5) is 9.36. The van der Waals surface area contributed by atoms with Crippen molar-refractivity contribution in [3.05, 3.63) is 29.6 Å². The molecule has 0 radical (unpaired) electrons. The van der Waals surface area contributed by atoms with E-state index in [1.54, 1.807) is 6.20 Å². The van der Waals surface area contributed by atoms with Crippen LogP contribution in [-0.4, -0.2) is 53.0 Å². The lowest BCUT2D eigenvalue weighted by atomic mass is 10.0. The molecule has 2 rings (SSSR count). The van der Waals surface area contributed by atoms with E-state index in [9.17, 15) is 0 Å². The van der Waals surface area contributed by atoms with Gasteiger partial charge in [-0.25, -0.2) is 0 Å². The molecule has 1 aromatic heterocycles. The van der Waals surface area contributed by atoms with Gasteiger partial charge in [-0.15, -0.1) is 0 Å². The summed E-state index contributed by atoms with van der Waals surface area (Å²) in [6.07, 6.45) is 4.26. The largest absolute Gasteiger partial charge is 0.388 e. The zero-order valence-electron chi connectivity index (χ0n) is 11.7. The zero-order chi connectivity index (χ0) is 13.8. The molecule has 0 atom stereocenters. The molecule has 0 saturated carbocycles. The molecule has 0 bridgehead atoms. The molecule has 0 aromatic carbocycles. The molecule has 0 amide bonds. The summed E-state index contributed by atoms with van der Waals surface area (Å²) in [7, 11) is 4.33. The van der Waals surface area contributed by atoms with Crippen LogP contribution in [0.15, 0.2) is 18.3 Å². The molecule has 1 fully saturated rings. The van der Waals surface area contributed by atoms with E-state index in [0.717, 1.165) is 31.4 Å². The third kappa shape index (κ3) is 3.96. The van der Waals surface area contributed by atoms with Crippen molar-refractivity contribution in [2.24, 2.45) is 5.73 Å². The molecule has 4 nitrogen and oxygen atoms in total. The summed E-state index contributed by atoms with van der Waals surface area (Å²) in [6.45, 7) is 3.25. The molecule has 5 heteroatoms. The Labute approximate surface area is 120 Å². The number of pyridine rings is 1. The van der Waals surface area contributed by atoms with Crippen LogP contribution in [0.5, 0.6) is 0 Å². The van der Waals surface area contributed by atoms with Gasteiger partial charge in [-0.05, 0) is 57.7 Å². The van der Waals surface area contributed by atoms with E-state index in [2.05, 4.69) is 28.9 Å². The van der Waals surface area contributed by atoms with E-state index in [-0.39, 0.29) is 0 Å². The molecular weight excluding hydrogens is 256 g/mol. The molecule has 0 unspecified atom stereocenters. The van der Waals surface area contributed by atoms with Crippen molar-refractivity contribution in [1.82, 2.24) is 14.8 Å². The predicted molar refractivity (Wildman–Crippen MR) is 82.1 cm³/mol. The highest BCUT2D eigenvalue weighted by Gasteiger charge is 2.20. The van der Waals surface area contributed by atoms with E-state index >= 15 is 0 Å². The van der Waals surface area contributed by atoms with Crippen molar-refractivity contribution in [2.45, 2.75) is 25.4 Å². The molecule has 1 aliphatic rings. The molecule has 1 aromatic rings. The third-order valence-electron chi connectivity index (χ3n) is 3.77. The highest BCUT2D eigenvalue weighted by atomic mass is 32.1. The fourth-order valence-corrected chi connectivity index (χ4v) is 2.67. The number of hydrogen-bond donors (Lipinski definition) is 1. The van der Waals surface area contributed by atoms with Crippen LogP contribution in [0.4, 0.5) is 0 Å². The number of nitrogens with two attached hydrogens (primary N) is 1. The highest BCUT2D eigenvalue weighted by molar-refractivity contribution is 7.80. The Bertz CT molecular complexity index is 439. The Kier molecular flexibility index (Phi) is 4.85. The fourth-order valence-electron chi connectivity index (χ4n) is 2.56. The first-order valence-electron chi connectivity index (χ1n) is 6.70. The molecule has 1 aliphatic heterocycles. The van der Waals surface area contributed by atoms with Crippen molar-refractivity contribution < 1.29 is 0 Å². The number of thiocarbonyl (C=S) groups is 1. The summed E-state index contributed by atoms with van der Waals surface area (Å²) in [6, 6.07) is 4.76. The SMILES string of the molecule is CN(C)C1CCN(Cc2ccnc(C(N)=S)c2)CC1. The summed E-state index contributed by atoms with van der Waals surface area (Å²) in [5.41, 5.74) is 7.57. The second kappa shape index (κ2) is 6.41. The summed E-state index contributed by atoms with van der Waals surface area (Å²) < 4.78 is 0. The van der Waals surface area contributed by atoms with Gasteiger partial charge >= 0.3 is 0 Å². The second-order valence-electron chi connectivity index (χ2n) is 5.38. The van der Waals surface area contributed by atoms with Crippen molar-refractivity contribution in [3.8, 4) is 0 Å². The van der Waals surface area contributed by atoms with Crippen LogP contribution in [0, 0.1) is 0 Å². The molecule has 1 saturated heterocycles. The monoisotopic (exact) mass is 278 g/mol. The number of likely N-dealkylation sites (tertiary alicyclic amines) is 1. The van der Waals surface area contributed by atoms with Crippen LogP contribution < -0.4 is 5.73 Å². The van der Waals surface area contributed by atoms with Crippen LogP contribution in [0.3, 0.4) is 0 Å². The van der Waals surface area contributed by atoms with Crippen molar-refractivity contribution >= 4 is 17.2 Å². The number of aromatic nitrogens is 1. The summed E-state index contributed by atoms with van der Waals surface area (Å²) >= 11 is 4.97. The van der Waals surface area contributed by atoms with E-state index in [1.807, 2.05) is 12.1 Å². The van der Waals surface area contributed by atoms with E-state index < -0.39 is 0 Å². The molecule has 0 spiro atoms. The van der Waals surface area contributed by atoms with Gasteiger partial charge in [-0.2, -0.15) is 0 Å². The lowest BCUT2D eigenvalue weighted by Gasteiger charge is -2.35. The first kappa shape index (κ1) is 14.4. The van der Waals surface area contributed by atoms with Crippen LogP contribution in [0.25, 0.3) is 0 Å². The average Bonchev–Trinajstić information content (AvgIpc) is 2.39. The number of rotatable bonds is 4. The highest BCUT2D eigenvalue weighted by Crippen LogP contribution is 2.16. The van der Waals surface area contributed by atoms with Gasteiger partial charge in [-0.1, -0.05) is 12.2 Å². The van der Waals surface area contributed by atoms with Crippen LogP contribution in [0.1, 0.15) is 24.1 Å². The van der Waals surface area contributed by atoms with Crippen molar-refractivity contribution in [2.75, 3.05) is 27.2 Å². The first-order chi connectivity index (χ1) is 9.06. The van der Waals surface area contributed by atoms with Gasteiger partial charge in [0.2, 0.25) is 0 Å². The van der Waals surface area contributed by atoms with Gasteiger partial charge in [0.05, 0.1) is 5.69 Å². The smallest absolute Gasteiger partial charge is 0.122 e. The number of piperidine rings is 1. The van der Waals surface area contributed by atoms with Crippen molar-refractivity contribution in [1.29, 1.82) is 0 Å². The minimum Gasteiger partial charge on any atom is -0.388 e. The zero-order valence-corrected chi connectivity index (χ0v) is 12.5. The van der Waals surface area contributed by atoms with Gasteiger partial charge in [0.15, 0.2) is 0 Å². The Morgan fingerprint density at radius 2 is 2.16 bits per heavy atom. The second-order valence-corrected chi connectivity index (χ2v) is 5.82. The normalized spacial score (nSPS) is 17.8. The summed E-state index contributed by atoms with van der Waals surface area (Å²) in [5, 5.41) is 0. The molecular formula is C14H22N4S. The minimum absolute atomic E-state index is 0.369. The van der Waals surface area contributed by atoms with E-state index in [1.165, 1.54) is 18.4 Å². The van der Waals surface area contributed by atoms with Gasteiger partial charge < -0.3 is 10.6 Å². The maximum absolute atomic E-state index is 5.62. The van der Waals surface area contributed by atoms with Gasteiger partial charge in [0.1, 0.15) is 4.99 Å². The quantitative estimate of drug-likeness (QED) is 0.840. The van der Waals surface area contributed by atoms with Gasteiger partial charge in [0.25, 0.3) is 0 Å². The first-order valence-corrected chi connectivity index (χ1v) is 7.10. The van der Waals surface area contributed by atoms with Crippen molar-refractivity contribution in [3.63, 3.8) is 0 Å². The minimum atomic E-state index is 0.369. The molecule has 19 heavy (non-hydrogen) atoms. The lowest BCUT2D eigenvalue weighted by molar-refractivity contribution is 0.140. The Balaban J connectivity index is 1.92. The molecule has 2 N–H and O–H groups in total. The standard InChI is InChI=1S/C14H22N4S/c1-17(2)12-4-7-18(8-5-12)10-11-3-6-16-13(9-11)14(15)19/h3,6,9,12H,4-5,7-8,10H2,1-2H3,(H2,15,19). The topological polar surface area (TPSA) is 45.4 Å². The Morgan fingerprint density at radius 1 is 1.47 bits per heavy atom. The maximum Gasteiger partial charge on any atom is 0.122 e. The molecule has 104 valence electrons. The Morgan fingerprint density at radius 3 is 2.74 bits per heavy atom. The van der Waals surface area contributed by atoms with E-state index in [4.69, 9.17) is 18.0 Å². The van der Waals surface area contributed by atoms with Gasteiger partial charge in [-0.3, -0.25) is 9.88 Å². The van der Waals surface area contributed by atoms with Gasteiger partial charge in [0, 0.05) is 18.8 Å². The third-order valence-corrected chi connectivity index (χ3v) is 3.98. The number of hydrogen-bond acceptors (Lipinski definition) is 4. The summed E-state index contributed by atoms with van der Waals surface area (Å²) in [5.74, 6) is 0. The number of nitrogens with zero attached hydrogens (tertiary/aromatic N) is 3.